The molecule has 1 amide bonds. The summed E-state index contributed by atoms with van der Waals surface area (Å²) in [5.41, 5.74) is 5.26. The number of benzene rings is 3. The number of hydrogen-bond acceptors (Lipinski definition) is 3. The van der Waals surface area contributed by atoms with Crippen LogP contribution in [0.25, 0.3) is 11.3 Å². The molecular weight excluding hydrogens is 450 g/mol. The number of nitrogens with zero attached hydrogens (tertiary/aromatic N) is 3. The van der Waals surface area contributed by atoms with E-state index in [1.807, 2.05) is 30.3 Å². The van der Waals surface area contributed by atoms with Gasteiger partial charge in [0.15, 0.2) is 0 Å². The monoisotopic (exact) mass is 466 g/mol. The third-order valence-corrected chi connectivity index (χ3v) is 5.39. The van der Waals surface area contributed by atoms with Crippen molar-refractivity contribution in [3.05, 3.63) is 112 Å². The maximum Gasteiger partial charge on any atom is 0.272 e. The van der Waals surface area contributed by atoms with E-state index < -0.39 is 11.7 Å². The molecule has 0 radical (unpaired) electrons. The van der Waals surface area contributed by atoms with E-state index in [2.05, 4.69) is 15.6 Å². The quantitative estimate of drug-likeness (QED) is 0.288. The normalized spacial score (nSPS) is 11.1. The number of carbonyl (C=O) groups is 1. The average Bonchev–Trinajstić information content (AvgIpc) is 3.20. The molecule has 5 nitrogen and oxygen atoms in total. The molecule has 0 saturated heterocycles. The van der Waals surface area contributed by atoms with E-state index in [4.69, 9.17) is 23.2 Å². The van der Waals surface area contributed by atoms with Gasteiger partial charge in [0, 0.05) is 27.9 Å². The van der Waals surface area contributed by atoms with Crippen molar-refractivity contribution in [2.75, 3.05) is 0 Å². The van der Waals surface area contributed by atoms with Crippen molar-refractivity contribution in [1.29, 1.82) is 0 Å². The van der Waals surface area contributed by atoms with Gasteiger partial charge in [0.05, 0.1) is 23.3 Å². The molecule has 3 aromatic carbocycles. The van der Waals surface area contributed by atoms with Crippen molar-refractivity contribution >= 4 is 35.3 Å². The van der Waals surface area contributed by atoms with Crippen LogP contribution in [-0.2, 0) is 6.54 Å². The number of hydrazone groups is 1. The number of carbonyl (C=O) groups excluding carboxylic acids is 1. The number of amides is 1. The second-order valence-electron chi connectivity index (χ2n) is 6.88. The third kappa shape index (κ3) is 4.88. The molecule has 1 N–H and O–H groups in total. The molecule has 0 aliphatic carbocycles. The van der Waals surface area contributed by atoms with E-state index in [0.717, 1.165) is 5.56 Å². The zero-order valence-corrected chi connectivity index (χ0v) is 18.2. The molecule has 1 heterocycles. The van der Waals surface area contributed by atoms with Crippen molar-refractivity contribution < 1.29 is 9.18 Å². The Morgan fingerprint density at radius 3 is 2.47 bits per heavy atom. The van der Waals surface area contributed by atoms with Gasteiger partial charge in [-0.05, 0) is 24.3 Å². The highest BCUT2D eigenvalue weighted by molar-refractivity contribution is 6.33. The van der Waals surface area contributed by atoms with E-state index in [9.17, 15) is 9.18 Å². The highest BCUT2D eigenvalue weighted by Gasteiger charge is 2.14. The fourth-order valence-electron chi connectivity index (χ4n) is 3.14. The molecule has 4 aromatic rings. The van der Waals surface area contributed by atoms with Crippen LogP contribution in [-0.4, -0.2) is 21.9 Å². The second kappa shape index (κ2) is 9.77. The minimum Gasteiger partial charge on any atom is -0.267 e. The molecule has 32 heavy (non-hydrogen) atoms. The standard InChI is InChI=1S/C24H17Cl2FN4O/c25-20-10-5-4-9-18(20)24(32)29-28-13-17-14-31(15-19-21(26)11-6-12-22(19)27)30-23(17)16-7-2-1-3-8-16/h1-14H,15H2,(H,29,32). The Morgan fingerprint density at radius 2 is 1.72 bits per heavy atom. The molecule has 0 fully saturated rings. The van der Waals surface area contributed by atoms with Crippen LogP contribution in [0.1, 0.15) is 21.5 Å². The number of halogens is 3. The van der Waals surface area contributed by atoms with Crippen LogP contribution in [0.4, 0.5) is 4.39 Å². The molecule has 0 atom stereocenters. The fourth-order valence-corrected chi connectivity index (χ4v) is 3.59. The van der Waals surface area contributed by atoms with Crippen LogP contribution in [0.2, 0.25) is 10.0 Å². The summed E-state index contributed by atoms with van der Waals surface area (Å²) in [4.78, 5) is 12.3. The minimum atomic E-state index is -0.432. The van der Waals surface area contributed by atoms with Crippen LogP contribution in [0, 0.1) is 5.82 Å². The van der Waals surface area contributed by atoms with Gasteiger partial charge in [0.1, 0.15) is 11.5 Å². The predicted octanol–water partition coefficient (Wildman–Crippen LogP) is 5.81. The molecule has 4 rings (SSSR count). The molecule has 0 spiro atoms. The lowest BCUT2D eigenvalue weighted by Crippen LogP contribution is -2.17. The van der Waals surface area contributed by atoms with Gasteiger partial charge in [-0.15, -0.1) is 0 Å². The Labute approximate surface area is 194 Å². The van der Waals surface area contributed by atoms with E-state index in [0.29, 0.717) is 32.4 Å². The molecule has 8 heteroatoms. The molecule has 0 aliphatic rings. The van der Waals surface area contributed by atoms with Crippen LogP contribution in [0.5, 0.6) is 0 Å². The summed E-state index contributed by atoms with van der Waals surface area (Å²) in [7, 11) is 0. The summed E-state index contributed by atoms with van der Waals surface area (Å²) in [5, 5.41) is 9.31. The van der Waals surface area contributed by atoms with E-state index in [-0.39, 0.29) is 6.54 Å². The van der Waals surface area contributed by atoms with Crippen LogP contribution in [0.3, 0.4) is 0 Å². The molecule has 0 aliphatic heterocycles. The van der Waals surface area contributed by atoms with Gasteiger partial charge in [-0.1, -0.05) is 71.7 Å². The van der Waals surface area contributed by atoms with Gasteiger partial charge in [0.25, 0.3) is 5.91 Å². The third-order valence-electron chi connectivity index (χ3n) is 4.71. The first-order valence-electron chi connectivity index (χ1n) is 9.66. The predicted molar refractivity (Wildman–Crippen MR) is 125 cm³/mol. The number of nitrogens with one attached hydrogen (secondary N) is 1. The van der Waals surface area contributed by atoms with Gasteiger partial charge in [-0.2, -0.15) is 10.2 Å². The first-order chi connectivity index (χ1) is 15.5. The van der Waals surface area contributed by atoms with E-state index >= 15 is 0 Å². The molecule has 0 bridgehead atoms. The number of aromatic nitrogens is 2. The largest absolute Gasteiger partial charge is 0.272 e. The summed E-state index contributed by atoms with van der Waals surface area (Å²) < 4.78 is 15.8. The van der Waals surface area contributed by atoms with Gasteiger partial charge in [0.2, 0.25) is 0 Å². The minimum absolute atomic E-state index is 0.144. The number of hydrogen-bond donors (Lipinski definition) is 1. The Morgan fingerprint density at radius 1 is 1.00 bits per heavy atom. The first-order valence-corrected chi connectivity index (χ1v) is 10.4. The average molecular weight is 467 g/mol. The Bertz CT molecular complexity index is 1270. The molecule has 160 valence electrons. The summed E-state index contributed by atoms with van der Waals surface area (Å²) >= 11 is 12.2. The zero-order valence-electron chi connectivity index (χ0n) is 16.7. The van der Waals surface area contributed by atoms with Gasteiger partial charge < -0.3 is 0 Å². The Hall–Kier alpha value is -3.48. The smallest absolute Gasteiger partial charge is 0.267 e. The maximum atomic E-state index is 14.2. The van der Waals surface area contributed by atoms with Gasteiger partial charge in [-0.3, -0.25) is 9.48 Å². The van der Waals surface area contributed by atoms with Crippen LogP contribution in [0.15, 0.2) is 84.1 Å². The summed E-state index contributed by atoms with van der Waals surface area (Å²) in [6, 6.07) is 20.7. The van der Waals surface area contributed by atoms with Gasteiger partial charge >= 0.3 is 0 Å². The van der Waals surface area contributed by atoms with E-state index in [1.165, 1.54) is 12.3 Å². The lowest BCUT2D eigenvalue weighted by atomic mass is 10.1. The SMILES string of the molecule is O=C(NN=Cc1cn(Cc2c(F)cccc2Cl)nc1-c1ccccc1)c1ccccc1Cl. The fraction of sp³-hybridized carbons (Fsp3) is 0.0417. The second-order valence-corrected chi connectivity index (χ2v) is 7.69. The maximum absolute atomic E-state index is 14.2. The first kappa shape index (κ1) is 21.7. The highest BCUT2D eigenvalue weighted by Crippen LogP contribution is 2.24. The zero-order chi connectivity index (χ0) is 22.5. The van der Waals surface area contributed by atoms with Crippen molar-refractivity contribution in [2.45, 2.75) is 6.54 Å². The lowest BCUT2D eigenvalue weighted by Gasteiger charge is -2.05. The molecule has 0 unspecified atom stereocenters. The van der Waals surface area contributed by atoms with Crippen molar-refractivity contribution in [2.24, 2.45) is 5.10 Å². The van der Waals surface area contributed by atoms with Crippen LogP contribution < -0.4 is 5.43 Å². The highest BCUT2D eigenvalue weighted by atomic mass is 35.5. The molecule has 1 aromatic heterocycles. The van der Waals surface area contributed by atoms with Crippen molar-refractivity contribution in [3.63, 3.8) is 0 Å². The molecule has 0 saturated carbocycles. The summed E-state index contributed by atoms with van der Waals surface area (Å²) in [5.74, 6) is -0.838. The van der Waals surface area contributed by atoms with Gasteiger partial charge in [-0.25, -0.2) is 9.82 Å². The molecular formula is C24H17Cl2FN4O. The summed E-state index contributed by atoms with van der Waals surface area (Å²) in [6.07, 6.45) is 3.21. The van der Waals surface area contributed by atoms with E-state index in [1.54, 1.807) is 47.3 Å². The topological polar surface area (TPSA) is 59.3 Å². The summed E-state index contributed by atoms with van der Waals surface area (Å²) in [6.45, 7) is 0.144. The Kier molecular flexibility index (Phi) is 6.63. The Balaban J connectivity index is 1.62. The lowest BCUT2D eigenvalue weighted by molar-refractivity contribution is 0.0955. The van der Waals surface area contributed by atoms with Crippen molar-refractivity contribution in [3.8, 4) is 11.3 Å². The number of rotatable bonds is 6. The van der Waals surface area contributed by atoms with Crippen molar-refractivity contribution in [1.82, 2.24) is 15.2 Å². The van der Waals surface area contributed by atoms with Crippen LogP contribution >= 0.6 is 23.2 Å².